The van der Waals surface area contributed by atoms with Crippen molar-refractivity contribution in [1.29, 1.82) is 0 Å². The van der Waals surface area contributed by atoms with Crippen molar-refractivity contribution in [3.8, 4) is 0 Å². The molecule has 2 aromatic rings. The summed E-state index contributed by atoms with van der Waals surface area (Å²) in [6.45, 7) is 0. The molecule has 3 heterocycles. The first-order valence-corrected chi connectivity index (χ1v) is 17.4. The second-order valence-electron chi connectivity index (χ2n) is 11.5. The van der Waals surface area contributed by atoms with Crippen LogP contribution in [0.3, 0.4) is 0 Å². The summed E-state index contributed by atoms with van der Waals surface area (Å²) in [5, 5.41) is -10.4. The van der Waals surface area contributed by atoms with Crippen molar-refractivity contribution in [3.63, 3.8) is 0 Å². The average Bonchev–Trinajstić information content (AvgIpc) is 3.57. The molecule has 10 nitrogen and oxygen atoms in total. The first-order chi connectivity index (χ1) is 20.9. The van der Waals surface area contributed by atoms with Gasteiger partial charge in [-0.15, -0.1) is 11.8 Å². The molecule has 45 heavy (non-hydrogen) atoms. The van der Waals surface area contributed by atoms with Crippen molar-refractivity contribution < 1.29 is 66.6 Å². The number of carbonyl (C=O) groups is 2. The van der Waals surface area contributed by atoms with Crippen molar-refractivity contribution in [1.82, 2.24) is 0 Å². The molecular weight excluding hydrogens is 675 g/mol. The van der Waals surface area contributed by atoms with Gasteiger partial charge in [-0.1, -0.05) is 48.5 Å². The van der Waals surface area contributed by atoms with Crippen LogP contribution in [-0.2, 0) is 43.5 Å². The van der Waals surface area contributed by atoms with E-state index in [1.54, 1.807) is 0 Å². The van der Waals surface area contributed by atoms with E-state index in [0.29, 0.717) is 6.42 Å². The number of fused-ring (bicyclic) bond motifs is 2. The fraction of sp³-hybridized carbons (Fsp3) is 0.481. The standard InChI is InChI=1S/C27H21F5O10S3/c28-26(29,30)25(27(31,32)45(37,38)39)41-24(34)17-20-18(19-21(43-20)22(17)44(35,36)42-19)40-23(33)15-9-14-10-5-1-3-7-12(10)16(15)13-8-4-2-6-11(13)14/h1-8,14-22,25H,9H2,(H,37,38,39). The Morgan fingerprint density at radius 3 is 2.02 bits per heavy atom. The number of rotatable bonds is 6. The minimum atomic E-state index is -6.73. The summed E-state index contributed by atoms with van der Waals surface area (Å²) >= 11 is 0.767. The largest absolute Gasteiger partial charge is 0.458 e. The smallest absolute Gasteiger partial charge is 0.432 e. The molecule has 0 amide bonds. The zero-order chi connectivity index (χ0) is 32.4. The number of esters is 2. The van der Waals surface area contributed by atoms with E-state index in [-0.39, 0.29) is 5.92 Å². The summed E-state index contributed by atoms with van der Waals surface area (Å²) in [5.41, 5.74) is 3.88. The molecule has 0 saturated carbocycles. The Kier molecular flexibility index (Phi) is 6.75. The van der Waals surface area contributed by atoms with Gasteiger partial charge in [0.25, 0.3) is 16.2 Å². The summed E-state index contributed by atoms with van der Waals surface area (Å²) in [7, 11) is -11.4. The minimum absolute atomic E-state index is 0.159. The van der Waals surface area contributed by atoms with Crippen LogP contribution in [0.15, 0.2) is 48.5 Å². The highest BCUT2D eigenvalue weighted by Crippen LogP contribution is 2.60. The number of carbonyl (C=O) groups excluding carboxylic acids is 2. The molecule has 8 rings (SSSR count). The fourth-order valence-corrected chi connectivity index (χ4v) is 12.4. The van der Waals surface area contributed by atoms with Crippen LogP contribution >= 0.6 is 11.8 Å². The molecule has 3 fully saturated rings. The van der Waals surface area contributed by atoms with E-state index in [4.69, 9.17) is 13.5 Å². The molecule has 3 aliphatic heterocycles. The highest BCUT2D eigenvalue weighted by Gasteiger charge is 2.74. The molecule has 8 unspecified atom stereocenters. The van der Waals surface area contributed by atoms with Gasteiger partial charge >= 0.3 is 33.5 Å². The van der Waals surface area contributed by atoms with Crippen LogP contribution < -0.4 is 0 Å². The Balaban J connectivity index is 1.18. The van der Waals surface area contributed by atoms with E-state index < -0.39 is 95.4 Å². The molecule has 0 aromatic heterocycles. The number of halogens is 5. The van der Waals surface area contributed by atoms with Crippen LogP contribution in [0.25, 0.3) is 0 Å². The maximum atomic E-state index is 14.2. The summed E-state index contributed by atoms with van der Waals surface area (Å²) in [5.74, 6) is -6.33. The lowest BCUT2D eigenvalue weighted by Gasteiger charge is -2.44. The van der Waals surface area contributed by atoms with Crippen molar-refractivity contribution in [2.75, 3.05) is 0 Å². The second-order valence-corrected chi connectivity index (χ2v) is 16.1. The third-order valence-electron chi connectivity index (χ3n) is 9.21. The zero-order valence-electron chi connectivity index (χ0n) is 22.3. The summed E-state index contributed by atoms with van der Waals surface area (Å²) in [4.78, 5) is 26.9. The molecule has 3 saturated heterocycles. The van der Waals surface area contributed by atoms with E-state index >= 15 is 0 Å². The van der Waals surface area contributed by atoms with E-state index in [9.17, 15) is 48.4 Å². The van der Waals surface area contributed by atoms with E-state index in [0.717, 1.165) is 34.0 Å². The van der Waals surface area contributed by atoms with Gasteiger partial charge in [0.15, 0.2) is 0 Å². The maximum absolute atomic E-state index is 14.2. The zero-order valence-corrected chi connectivity index (χ0v) is 24.8. The number of hydrogen-bond acceptors (Lipinski definition) is 10. The molecule has 3 aliphatic carbocycles. The lowest BCUT2D eigenvalue weighted by molar-refractivity contribution is -0.261. The Hall–Kier alpha value is -2.80. The van der Waals surface area contributed by atoms with Crippen molar-refractivity contribution in [3.05, 3.63) is 70.8 Å². The second kappa shape index (κ2) is 9.85. The molecule has 6 aliphatic rings. The van der Waals surface area contributed by atoms with Gasteiger partial charge in [0.2, 0.25) is 0 Å². The van der Waals surface area contributed by atoms with Crippen LogP contribution in [0.2, 0.25) is 0 Å². The van der Waals surface area contributed by atoms with Crippen molar-refractivity contribution in [2.45, 2.75) is 63.7 Å². The lowest BCUT2D eigenvalue weighted by Crippen LogP contribution is -2.55. The number of thioether (sulfide) groups is 1. The summed E-state index contributed by atoms with van der Waals surface area (Å²) in [6, 6.07) is 15.1. The van der Waals surface area contributed by atoms with Gasteiger partial charge in [0.05, 0.1) is 22.3 Å². The molecule has 18 heteroatoms. The first kappa shape index (κ1) is 30.8. The van der Waals surface area contributed by atoms with Gasteiger partial charge in [-0.3, -0.25) is 18.3 Å². The van der Waals surface area contributed by atoms with Gasteiger partial charge in [-0.05, 0) is 28.7 Å². The van der Waals surface area contributed by atoms with Crippen LogP contribution in [0.1, 0.15) is 40.5 Å². The number of alkyl halides is 5. The molecular formula is C27H21F5O10S3. The predicted octanol–water partition coefficient (Wildman–Crippen LogP) is 3.36. The molecule has 0 radical (unpaired) electrons. The SMILES string of the molecule is O=C(OC1C2OS(=O)(=O)C3C2SC1C3C(=O)OC(C(F)(F)F)C(F)(F)S(=O)(=O)O)C1CC2c3ccccc3C1c1ccccc12. The van der Waals surface area contributed by atoms with E-state index in [1.165, 1.54) is 0 Å². The van der Waals surface area contributed by atoms with Crippen molar-refractivity contribution in [2.24, 2.45) is 11.8 Å². The first-order valence-electron chi connectivity index (χ1n) is 13.5. The molecule has 0 spiro atoms. The monoisotopic (exact) mass is 696 g/mol. The van der Waals surface area contributed by atoms with Gasteiger partial charge in [0.1, 0.15) is 17.5 Å². The van der Waals surface area contributed by atoms with Crippen LogP contribution in [0.4, 0.5) is 22.0 Å². The Morgan fingerprint density at radius 1 is 0.933 bits per heavy atom. The van der Waals surface area contributed by atoms with Crippen LogP contribution in [0.5, 0.6) is 0 Å². The Bertz CT molecular complexity index is 1780. The van der Waals surface area contributed by atoms with Crippen LogP contribution in [-0.4, -0.2) is 78.8 Å². The maximum Gasteiger partial charge on any atom is 0.432 e. The van der Waals surface area contributed by atoms with Crippen molar-refractivity contribution >= 4 is 43.9 Å². The average molecular weight is 697 g/mol. The van der Waals surface area contributed by atoms with E-state index in [2.05, 4.69) is 4.74 Å². The summed E-state index contributed by atoms with van der Waals surface area (Å²) in [6.07, 6.45) is -13.3. The van der Waals surface area contributed by atoms with Gasteiger partial charge in [0, 0.05) is 11.8 Å². The van der Waals surface area contributed by atoms with Gasteiger partial charge < -0.3 is 9.47 Å². The Labute approximate surface area is 256 Å². The fourth-order valence-electron chi connectivity index (χ4n) is 7.47. The number of benzene rings is 2. The third kappa shape index (κ3) is 4.46. The molecule has 2 aromatic carbocycles. The topological polar surface area (TPSA) is 150 Å². The number of ether oxygens (including phenoxy) is 2. The third-order valence-corrected chi connectivity index (χ3v) is 13.8. The quantitative estimate of drug-likeness (QED) is 0.205. The lowest BCUT2D eigenvalue weighted by atomic mass is 9.59. The highest BCUT2D eigenvalue weighted by molar-refractivity contribution is 8.03. The normalized spacial score (nSPS) is 34.6. The summed E-state index contributed by atoms with van der Waals surface area (Å²) < 4.78 is 140. The van der Waals surface area contributed by atoms with Crippen LogP contribution in [0, 0.1) is 11.8 Å². The molecule has 242 valence electrons. The highest BCUT2D eigenvalue weighted by atomic mass is 32.2. The number of hydrogen-bond donors (Lipinski definition) is 1. The molecule has 4 bridgehead atoms. The Morgan fingerprint density at radius 2 is 1.49 bits per heavy atom. The molecule has 1 N–H and O–H groups in total. The van der Waals surface area contributed by atoms with Gasteiger partial charge in [-0.2, -0.15) is 38.8 Å². The predicted molar refractivity (Wildman–Crippen MR) is 143 cm³/mol. The van der Waals surface area contributed by atoms with E-state index in [1.807, 2.05) is 48.5 Å². The van der Waals surface area contributed by atoms with Gasteiger partial charge in [-0.25, -0.2) is 0 Å². The molecule has 8 atom stereocenters. The minimum Gasteiger partial charge on any atom is -0.458 e.